The molecule has 194 valence electrons. The van der Waals surface area contributed by atoms with E-state index in [0.29, 0.717) is 25.8 Å². The van der Waals surface area contributed by atoms with Crippen LogP contribution in [0.3, 0.4) is 0 Å². The molecule has 15 N–H and O–H groups in total. The van der Waals surface area contributed by atoms with Crippen molar-refractivity contribution in [1.82, 2.24) is 5.32 Å². The molecule has 0 fully saturated rings. The molecular weight excluding hydrogens is 456 g/mol. The molecule has 0 aromatic heterocycles. The first-order valence-electron chi connectivity index (χ1n) is 9.66. The molecule has 1 aromatic rings. The number of benzene rings is 1. The van der Waals surface area contributed by atoms with E-state index < -0.39 is 42.0 Å². The number of primary amides is 1. The number of nitrogens with two attached hydrogens (primary N) is 5. The number of carbonyl (C=O) groups excluding carboxylic acids is 1. The zero-order valence-corrected chi connectivity index (χ0v) is 18.5. The molecule has 0 saturated heterocycles. The van der Waals surface area contributed by atoms with E-state index in [9.17, 15) is 24.0 Å². The van der Waals surface area contributed by atoms with Gasteiger partial charge in [0, 0.05) is 6.54 Å². The number of nitrogens with one attached hydrogen (secondary N) is 1. The van der Waals surface area contributed by atoms with E-state index in [1.165, 1.54) is 0 Å². The maximum absolute atomic E-state index is 10.4. The van der Waals surface area contributed by atoms with Crippen molar-refractivity contribution in [2.24, 2.45) is 28.7 Å². The van der Waals surface area contributed by atoms with Crippen molar-refractivity contribution < 1.29 is 44.4 Å². The molecule has 0 bridgehead atoms. The maximum Gasteiger partial charge on any atom is 0.320 e. The minimum Gasteiger partial charge on any atom is -0.480 e. The summed E-state index contributed by atoms with van der Waals surface area (Å²) in [5.74, 6) is -3.93. The van der Waals surface area contributed by atoms with Gasteiger partial charge in [-0.2, -0.15) is 0 Å². The number of carboxylic acid groups (broad SMARTS) is 4. The SMILES string of the molecule is NC(=O)NCCCC(N)C(=O)O.NC(Cc1ccccc1)C(=O)O.NCC(=O)O.NCC(=O)O. The molecular formula is C19H34N6O9. The van der Waals surface area contributed by atoms with Gasteiger partial charge in [-0.1, -0.05) is 30.3 Å². The van der Waals surface area contributed by atoms with Gasteiger partial charge in [0.2, 0.25) is 0 Å². The topological polar surface area (TPSA) is 308 Å². The average molecular weight is 491 g/mol. The molecule has 0 aliphatic rings. The van der Waals surface area contributed by atoms with Gasteiger partial charge >= 0.3 is 29.9 Å². The van der Waals surface area contributed by atoms with Crippen LogP contribution >= 0.6 is 0 Å². The molecule has 0 aliphatic heterocycles. The molecule has 15 heteroatoms. The van der Waals surface area contributed by atoms with Crippen LogP contribution in [0.15, 0.2) is 30.3 Å². The molecule has 0 aliphatic carbocycles. The first-order valence-corrected chi connectivity index (χ1v) is 9.66. The Labute approximate surface area is 195 Å². The summed E-state index contributed by atoms with van der Waals surface area (Å²) >= 11 is 0. The van der Waals surface area contributed by atoms with Crippen molar-refractivity contribution in [1.29, 1.82) is 0 Å². The molecule has 1 aromatic carbocycles. The van der Waals surface area contributed by atoms with Crippen LogP contribution in [-0.2, 0) is 25.6 Å². The minimum atomic E-state index is -1.03. The third-order valence-corrected chi connectivity index (χ3v) is 3.27. The van der Waals surface area contributed by atoms with Crippen LogP contribution in [0, 0.1) is 0 Å². The van der Waals surface area contributed by atoms with E-state index >= 15 is 0 Å². The number of urea groups is 1. The average Bonchev–Trinajstić information content (AvgIpc) is 2.78. The zero-order valence-electron chi connectivity index (χ0n) is 18.5. The van der Waals surface area contributed by atoms with Crippen LogP contribution in [0.25, 0.3) is 0 Å². The number of hydrogen-bond acceptors (Lipinski definition) is 9. The first-order chi connectivity index (χ1) is 15.8. The Morgan fingerprint density at radius 2 is 1.21 bits per heavy atom. The first kappa shape index (κ1) is 34.8. The Bertz CT molecular complexity index is 720. The van der Waals surface area contributed by atoms with Crippen LogP contribution in [0.5, 0.6) is 0 Å². The Balaban J connectivity index is -0.000000410. The second-order valence-electron chi connectivity index (χ2n) is 6.21. The van der Waals surface area contributed by atoms with Gasteiger partial charge in [-0.25, -0.2) is 4.79 Å². The highest BCUT2D eigenvalue weighted by Gasteiger charge is 2.11. The number of amides is 2. The van der Waals surface area contributed by atoms with Crippen LogP contribution in [0.2, 0.25) is 0 Å². The molecule has 34 heavy (non-hydrogen) atoms. The number of rotatable bonds is 10. The summed E-state index contributed by atoms with van der Waals surface area (Å²) in [6, 6.07) is 7.07. The van der Waals surface area contributed by atoms with Gasteiger partial charge in [-0.15, -0.1) is 0 Å². The van der Waals surface area contributed by atoms with Gasteiger partial charge in [0.1, 0.15) is 12.1 Å². The predicted octanol–water partition coefficient (Wildman–Crippen LogP) is -2.45. The molecule has 0 heterocycles. The van der Waals surface area contributed by atoms with E-state index in [0.717, 1.165) is 5.56 Å². The highest BCUT2D eigenvalue weighted by molar-refractivity contribution is 5.73. The largest absolute Gasteiger partial charge is 0.480 e. The lowest BCUT2D eigenvalue weighted by molar-refractivity contribution is -0.139. The molecule has 1 rings (SSSR count). The van der Waals surface area contributed by atoms with Gasteiger partial charge in [-0.3, -0.25) is 19.2 Å². The Morgan fingerprint density at radius 3 is 1.53 bits per heavy atom. The van der Waals surface area contributed by atoms with Crippen LogP contribution in [0.1, 0.15) is 18.4 Å². The Hall–Kier alpha value is -3.79. The fourth-order valence-corrected chi connectivity index (χ4v) is 1.61. The standard InChI is InChI=1S/C9H11NO2.C6H13N3O3.2C2H5NO2/c10-8(9(11)12)6-7-4-2-1-3-5-7;7-4(5(10)11)2-1-3-9-6(8)12;2*3-1-2(4)5/h1-5,8H,6,10H2,(H,11,12);4H,1-3,7H2,(H,10,11)(H3,8,9,12);2*1,3H2,(H,4,5). The summed E-state index contributed by atoms with van der Waals surface area (Å²) in [7, 11) is 0. The molecule has 0 saturated carbocycles. The van der Waals surface area contributed by atoms with Crippen molar-refractivity contribution in [2.45, 2.75) is 31.3 Å². The molecule has 2 unspecified atom stereocenters. The van der Waals surface area contributed by atoms with Crippen molar-refractivity contribution in [3.05, 3.63) is 35.9 Å². The van der Waals surface area contributed by atoms with E-state index in [4.69, 9.17) is 37.6 Å². The predicted molar refractivity (Wildman–Crippen MR) is 122 cm³/mol. The Morgan fingerprint density at radius 1 is 0.794 bits per heavy atom. The van der Waals surface area contributed by atoms with E-state index in [2.05, 4.69) is 16.8 Å². The molecule has 0 radical (unpaired) electrons. The van der Waals surface area contributed by atoms with Gasteiger partial charge in [0.05, 0.1) is 13.1 Å². The van der Waals surface area contributed by atoms with Gasteiger partial charge in [0.15, 0.2) is 0 Å². The van der Waals surface area contributed by atoms with E-state index in [-0.39, 0.29) is 13.1 Å². The maximum atomic E-state index is 10.4. The highest BCUT2D eigenvalue weighted by atomic mass is 16.4. The zero-order chi connectivity index (χ0) is 27.1. The molecule has 2 amide bonds. The van der Waals surface area contributed by atoms with Crippen LogP contribution < -0.4 is 34.0 Å². The number of carboxylic acids is 4. The van der Waals surface area contributed by atoms with E-state index in [1.807, 2.05) is 30.3 Å². The van der Waals surface area contributed by atoms with Crippen LogP contribution in [-0.4, -0.2) is 82.1 Å². The summed E-state index contributed by atoms with van der Waals surface area (Å²) in [5, 5.41) is 34.4. The van der Waals surface area contributed by atoms with Gasteiger partial charge < -0.3 is 54.4 Å². The van der Waals surface area contributed by atoms with Crippen molar-refractivity contribution >= 4 is 29.9 Å². The van der Waals surface area contributed by atoms with Gasteiger partial charge in [0.25, 0.3) is 0 Å². The lowest BCUT2D eigenvalue weighted by Gasteiger charge is -2.05. The second-order valence-corrected chi connectivity index (χ2v) is 6.21. The minimum absolute atomic E-state index is 0.278. The molecule has 0 spiro atoms. The number of carbonyl (C=O) groups is 5. The van der Waals surface area contributed by atoms with E-state index in [1.54, 1.807) is 0 Å². The summed E-state index contributed by atoms with van der Waals surface area (Å²) in [6.07, 6.45) is 1.22. The summed E-state index contributed by atoms with van der Waals surface area (Å²) in [6.45, 7) is -0.198. The third-order valence-electron chi connectivity index (χ3n) is 3.27. The smallest absolute Gasteiger partial charge is 0.320 e. The summed E-state index contributed by atoms with van der Waals surface area (Å²) in [4.78, 5) is 49.2. The van der Waals surface area contributed by atoms with Gasteiger partial charge in [-0.05, 0) is 24.8 Å². The molecule has 15 nitrogen and oxygen atoms in total. The normalized spacial score (nSPS) is 10.8. The van der Waals surface area contributed by atoms with Crippen molar-refractivity contribution in [2.75, 3.05) is 19.6 Å². The summed E-state index contributed by atoms with van der Waals surface area (Å²) < 4.78 is 0. The Kier molecular flexibility index (Phi) is 22.9. The quantitative estimate of drug-likeness (QED) is 0.152. The number of hydrogen-bond donors (Lipinski definition) is 10. The monoisotopic (exact) mass is 490 g/mol. The fourth-order valence-electron chi connectivity index (χ4n) is 1.61. The lowest BCUT2D eigenvalue weighted by atomic mass is 10.1. The molecule has 2 atom stereocenters. The van der Waals surface area contributed by atoms with Crippen molar-refractivity contribution in [3.63, 3.8) is 0 Å². The summed E-state index contributed by atoms with van der Waals surface area (Å²) in [5.41, 5.74) is 25.4. The number of aliphatic carboxylic acids is 4. The third kappa shape index (κ3) is 28.2. The highest BCUT2D eigenvalue weighted by Crippen LogP contribution is 2.01. The van der Waals surface area contributed by atoms with Crippen molar-refractivity contribution in [3.8, 4) is 0 Å². The lowest BCUT2D eigenvalue weighted by Crippen LogP contribution is -2.33. The second kappa shape index (κ2) is 22.4. The van der Waals surface area contributed by atoms with Crippen LogP contribution in [0.4, 0.5) is 4.79 Å². The fraction of sp³-hybridized carbons (Fsp3) is 0.421.